The topological polar surface area (TPSA) is 71.1 Å². The number of likely N-dealkylation sites (tertiary alicyclic amines) is 1. The number of nitrogens with zero attached hydrogens (tertiary/aromatic N) is 2. The Morgan fingerprint density at radius 3 is 2.70 bits per heavy atom. The molecule has 2 amide bonds. The number of halogens is 1. The highest BCUT2D eigenvalue weighted by Crippen LogP contribution is 2.69. The van der Waals surface area contributed by atoms with Gasteiger partial charge in [-0.2, -0.15) is 0 Å². The molecule has 0 aromatic rings. The molecular weight excluding hydrogens is 389 g/mol. The molecule has 1 unspecified atom stereocenters. The molecule has 0 aromatic carbocycles. The second kappa shape index (κ2) is 8.65. The molecule has 168 valence electrons. The normalized spacial score (nSPS) is 36.2. The summed E-state index contributed by atoms with van der Waals surface area (Å²) in [7, 11) is 0. The highest BCUT2D eigenvalue weighted by Gasteiger charge is 2.69. The SMILES string of the molecule is C=C(C)CN(COOC[C@H]1CCCCN1CC12CC(F)(C1)C2)C1CCC(=O)NC1=O. The van der Waals surface area contributed by atoms with Gasteiger partial charge in [-0.15, -0.1) is 0 Å². The maximum absolute atomic E-state index is 13.9. The first-order chi connectivity index (χ1) is 14.3. The third-order valence-corrected chi connectivity index (χ3v) is 7.05. The fourth-order valence-corrected chi connectivity index (χ4v) is 5.77. The van der Waals surface area contributed by atoms with Crippen LogP contribution in [0.2, 0.25) is 0 Å². The van der Waals surface area contributed by atoms with Crippen LogP contribution in [0.25, 0.3) is 0 Å². The van der Waals surface area contributed by atoms with Gasteiger partial charge in [-0.25, -0.2) is 14.2 Å². The number of rotatable bonds is 10. The minimum absolute atomic E-state index is 0.139. The lowest BCUT2D eigenvalue weighted by Gasteiger charge is -2.67. The van der Waals surface area contributed by atoms with E-state index in [1.165, 1.54) is 12.8 Å². The van der Waals surface area contributed by atoms with Crippen LogP contribution in [0.15, 0.2) is 12.2 Å². The second-order valence-corrected chi connectivity index (χ2v) is 10.0. The summed E-state index contributed by atoms with van der Waals surface area (Å²) in [5.41, 5.74) is 0.258. The van der Waals surface area contributed by atoms with E-state index in [9.17, 15) is 14.0 Å². The first kappa shape index (κ1) is 21.9. The molecule has 0 radical (unpaired) electrons. The first-order valence-corrected chi connectivity index (χ1v) is 11.2. The lowest BCUT2D eigenvalue weighted by molar-refractivity contribution is -0.325. The van der Waals surface area contributed by atoms with Crippen LogP contribution in [0, 0.1) is 5.41 Å². The van der Waals surface area contributed by atoms with Gasteiger partial charge in [0.15, 0.2) is 0 Å². The van der Waals surface area contributed by atoms with Gasteiger partial charge in [-0.3, -0.25) is 24.7 Å². The van der Waals surface area contributed by atoms with Crippen LogP contribution in [-0.4, -0.2) is 72.3 Å². The van der Waals surface area contributed by atoms with E-state index in [0.29, 0.717) is 26.0 Å². The van der Waals surface area contributed by atoms with Crippen molar-refractivity contribution in [2.45, 2.75) is 76.0 Å². The Morgan fingerprint density at radius 1 is 1.27 bits per heavy atom. The lowest BCUT2D eigenvalue weighted by Crippen LogP contribution is -2.68. The Kier molecular flexibility index (Phi) is 6.30. The molecule has 0 aromatic heterocycles. The molecule has 7 nitrogen and oxygen atoms in total. The maximum atomic E-state index is 13.9. The van der Waals surface area contributed by atoms with E-state index in [1.807, 2.05) is 11.8 Å². The fourth-order valence-electron chi connectivity index (χ4n) is 5.77. The van der Waals surface area contributed by atoms with Gasteiger partial charge < -0.3 is 0 Å². The van der Waals surface area contributed by atoms with E-state index < -0.39 is 11.7 Å². The number of hydrogen-bond acceptors (Lipinski definition) is 6. The van der Waals surface area contributed by atoms with Crippen molar-refractivity contribution < 1.29 is 23.8 Å². The third-order valence-electron chi connectivity index (χ3n) is 7.05. The van der Waals surface area contributed by atoms with Crippen LogP contribution in [0.5, 0.6) is 0 Å². The van der Waals surface area contributed by atoms with Crippen LogP contribution in [0.3, 0.4) is 0 Å². The summed E-state index contributed by atoms with van der Waals surface area (Å²) in [5.74, 6) is -0.526. The van der Waals surface area contributed by atoms with E-state index in [-0.39, 0.29) is 30.0 Å². The number of imide groups is 1. The number of amides is 2. The summed E-state index contributed by atoms with van der Waals surface area (Å²) in [4.78, 5) is 39.0. The summed E-state index contributed by atoms with van der Waals surface area (Å²) in [6, 6.07) is -0.139. The molecule has 2 heterocycles. The van der Waals surface area contributed by atoms with Gasteiger partial charge in [-0.1, -0.05) is 18.6 Å². The molecule has 30 heavy (non-hydrogen) atoms. The van der Waals surface area contributed by atoms with Gasteiger partial charge in [0.05, 0.1) is 12.6 Å². The van der Waals surface area contributed by atoms with Gasteiger partial charge in [0, 0.05) is 25.6 Å². The predicted octanol–water partition coefficient (Wildman–Crippen LogP) is 2.32. The number of nitrogens with one attached hydrogen (secondary N) is 1. The molecule has 5 aliphatic rings. The Hall–Kier alpha value is -1.35. The van der Waals surface area contributed by atoms with Crippen molar-refractivity contribution in [3.05, 3.63) is 12.2 Å². The Balaban J connectivity index is 1.24. The zero-order valence-electron chi connectivity index (χ0n) is 18.0. The van der Waals surface area contributed by atoms with Gasteiger partial charge in [0.25, 0.3) is 0 Å². The van der Waals surface area contributed by atoms with Crippen molar-refractivity contribution in [2.24, 2.45) is 5.41 Å². The minimum Gasteiger partial charge on any atom is -0.297 e. The Morgan fingerprint density at radius 2 is 2.03 bits per heavy atom. The van der Waals surface area contributed by atoms with Crippen molar-refractivity contribution in [1.82, 2.24) is 15.1 Å². The predicted molar refractivity (Wildman–Crippen MR) is 109 cm³/mol. The molecule has 8 heteroatoms. The van der Waals surface area contributed by atoms with Crippen LogP contribution in [-0.2, 0) is 19.4 Å². The summed E-state index contributed by atoms with van der Waals surface area (Å²) >= 11 is 0. The van der Waals surface area contributed by atoms with E-state index in [0.717, 1.165) is 44.3 Å². The second-order valence-electron chi connectivity index (χ2n) is 10.0. The average Bonchev–Trinajstić information content (AvgIpc) is 2.63. The largest absolute Gasteiger partial charge is 0.297 e. The van der Waals surface area contributed by atoms with Crippen molar-refractivity contribution in [2.75, 3.05) is 33.0 Å². The average molecular weight is 424 g/mol. The Labute approximate surface area is 177 Å². The molecule has 2 saturated heterocycles. The molecule has 2 atom stereocenters. The monoisotopic (exact) mass is 423 g/mol. The molecule has 5 fully saturated rings. The molecular formula is C22H34FN3O4. The van der Waals surface area contributed by atoms with E-state index >= 15 is 0 Å². The Bertz CT molecular complexity index is 680. The molecule has 2 aliphatic heterocycles. The number of hydrogen-bond donors (Lipinski definition) is 1. The van der Waals surface area contributed by atoms with Gasteiger partial charge in [0.2, 0.25) is 11.8 Å². The van der Waals surface area contributed by atoms with Crippen LogP contribution in [0.1, 0.15) is 58.3 Å². The smallest absolute Gasteiger partial charge is 0.243 e. The van der Waals surface area contributed by atoms with Crippen LogP contribution < -0.4 is 5.32 Å². The summed E-state index contributed by atoms with van der Waals surface area (Å²) in [6.07, 6.45) is 6.37. The third kappa shape index (κ3) is 4.77. The molecule has 3 aliphatic carbocycles. The highest BCUT2D eigenvalue weighted by molar-refractivity contribution is 6.00. The molecule has 3 saturated carbocycles. The lowest BCUT2D eigenvalue weighted by atomic mass is 9.42. The fraction of sp³-hybridized carbons (Fsp3) is 0.818. The van der Waals surface area contributed by atoms with Gasteiger partial charge >= 0.3 is 0 Å². The number of alkyl halides is 1. The standard InChI is InChI=1S/C22H34FN3O4/c1-16(2)9-26(18-6-7-19(27)24-20(18)28)15-30-29-10-17-5-3-4-8-25(17)14-21-11-22(23,12-21)13-21/h17-18H,1,3-15H2,2H3,(H,24,27,28)/t17-,18?,21?,22?/m1/s1. The zero-order valence-corrected chi connectivity index (χ0v) is 18.0. The summed E-state index contributed by atoms with van der Waals surface area (Å²) < 4.78 is 13.9. The number of piperidine rings is 2. The van der Waals surface area contributed by atoms with E-state index in [4.69, 9.17) is 9.78 Å². The maximum Gasteiger partial charge on any atom is 0.243 e. The first-order valence-electron chi connectivity index (χ1n) is 11.2. The van der Waals surface area contributed by atoms with Gasteiger partial charge in [0.1, 0.15) is 12.4 Å². The van der Waals surface area contributed by atoms with Gasteiger partial charge in [-0.05, 0) is 57.4 Å². The van der Waals surface area contributed by atoms with E-state index in [2.05, 4.69) is 16.8 Å². The number of carbonyl (C=O) groups is 2. The molecule has 5 rings (SSSR count). The minimum atomic E-state index is -0.854. The van der Waals surface area contributed by atoms with Crippen LogP contribution in [0.4, 0.5) is 4.39 Å². The van der Waals surface area contributed by atoms with Crippen molar-refractivity contribution in [3.8, 4) is 0 Å². The molecule has 2 bridgehead atoms. The molecule has 0 spiro atoms. The summed E-state index contributed by atoms with van der Waals surface area (Å²) in [6.45, 7) is 8.92. The highest BCUT2D eigenvalue weighted by atomic mass is 19.1. The quantitative estimate of drug-likeness (QED) is 0.145. The van der Waals surface area contributed by atoms with Crippen molar-refractivity contribution in [1.29, 1.82) is 0 Å². The number of carbonyl (C=O) groups excluding carboxylic acids is 2. The van der Waals surface area contributed by atoms with Crippen molar-refractivity contribution >= 4 is 11.8 Å². The summed E-state index contributed by atoms with van der Waals surface area (Å²) in [5, 5.41) is 2.39. The van der Waals surface area contributed by atoms with Crippen LogP contribution >= 0.6 is 0 Å². The van der Waals surface area contributed by atoms with Crippen molar-refractivity contribution in [3.63, 3.8) is 0 Å². The zero-order chi connectivity index (χ0) is 21.4. The molecule has 1 N–H and O–H groups in total. The van der Waals surface area contributed by atoms with E-state index in [1.54, 1.807) is 0 Å².